The third kappa shape index (κ3) is 3.94. The zero-order valence-electron chi connectivity index (χ0n) is 11.5. The number of hydrogen-bond acceptors (Lipinski definition) is 2. The summed E-state index contributed by atoms with van der Waals surface area (Å²) in [6, 6.07) is 6.61. The molecule has 0 spiro atoms. The molecule has 1 aromatic carbocycles. The van der Waals surface area contributed by atoms with Gasteiger partial charge in [-0.05, 0) is 48.4 Å². The second kappa shape index (κ2) is 6.13. The summed E-state index contributed by atoms with van der Waals surface area (Å²) in [5.74, 6) is 0. The first-order chi connectivity index (χ1) is 8.91. The largest absolute Gasteiger partial charge is 0.329 e. The maximum Gasteiger partial charge on any atom is 0.0461 e. The van der Waals surface area contributed by atoms with Crippen molar-refractivity contribution in [2.75, 3.05) is 6.54 Å². The van der Waals surface area contributed by atoms with Crippen LogP contribution in [0.15, 0.2) is 22.7 Å². The topological polar surface area (TPSA) is 38.0 Å². The van der Waals surface area contributed by atoms with E-state index in [2.05, 4.69) is 41.2 Å². The fourth-order valence-electron chi connectivity index (χ4n) is 2.93. The molecule has 1 aliphatic carbocycles. The van der Waals surface area contributed by atoms with Gasteiger partial charge in [0, 0.05) is 28.1 Å². The van der Waals surface area contributed by atoms with Gasteiger partial charge in [-0.2, -0.15) is 0 Å². The van der Waals surface area contributed by atoms with Crippen molar-refractivity contribution in [1.82, 2.24) is 5.32 Å². The highest BCUT2D eigenvalue weighted by Crippen LogP contribution is 2.38. The fraction of sp³-hybridized carbons (Fsp3) is 0.600. The number of benzene rings is 1. The minimum absolute atomic E-state index is 0.129. The van der Waals surface area contributed by atoms with E-state index < -0.39 is 0 Å². The zero-order valence-corrected chi connectivity index (χ0v) is 13.9. The summed E-state index contributed by atoms with van der Waals surface area (Å²) in [6.07, 6.45) is 3.69. The van der Waals surface area contributed by atoms with Crippen LogP contribution in [-0.4, -0.2) is 12.6 Å². The summed E-state index contributed by atoms with van der Waals surface area (Å²) in [5, 5.41) is 4.46. The average Bonchev–Trinajstić information content (AvgIpc) is 2.69. The number of nitrogens with one attached hydrogen (secondary N) is 1. The molecule has 1 saturated carbocycles. The molecule has 1 aromatic rings. The first kappa shape index (κ1) is 15.3. The van der Waals surface area contributed by atoms with Gasteiger partial charge in [0.05, 0.1) is 0 Å². The van der Waals surface area contributed by atoms with Crippen LogP contribution in [0, 0.1) is 5.41 Å². The first-order valence-electron chi connectivity index (χ1n) is 6.82. The van der Waals surface area contributed by atoms with Crippen LogP contribution in [0.1, 0.15) is 44.7 Å². The predicted molar refractivity (Wildman–Crippen MR) is 85.5 cm³/mol. The molecule has 0 aromatic heterocycles. The molecule has 1 aliphatic rings. The highest BCUT2D eigenvalue weighted by molar-refractivity contribution is 9.10. The average molecular weight is 346 g/mol. The molecule has 0 amide bonds. The van der Waals surface area contributed by atoms with Gasteiger partial charge in [0.1, 0.15) is 0 Å². The highest BCUT2D eigenvalue weighted by Gasteiger charge is 2.32. The maximum absolute atomic E-state index is 6.29. The Morgan fingerprint density at radius 3 is 2.84 bits per heavy atom. The van der Waals surface area contributed by atoms with Crippen molar-refractivity contribution in [1.29, 1.82) is 0 Å². The molecule has 0 saturated heterocycles. The van der Waals surface area contributed by atoms with E-state index in [9.17, 15) is 0 Å². The molecular formula is C15H22BrClN2. The number of hydrogen-bond donors (Lipinski definition) is 2. The second-order valence-corrected chi connectivity index (χ2v) is 7.55. The lowest BCUT2D eigenvalue weighted by Gasteiger charge is -2.24. The molecule has 106 valence electrons. The Balaban J connectivity index is 2.10. The zero-order chi connectivity index (χ0) is 14.0. The Labute approximate surface area is 129 Å². The van der Waals surface area contributed by atoms with Gasteiger partial charge >= 0.3 is 0 Å². The van der Waals surface area contributed by atoms with Crippen molar-refractivity contribution < 1.29 is 0 Å². The Morgan fingerprint density at radius 1 is 1.53 bits per heavy atom. The fourth-order valence-corrected chi connectivity index (χ4v) is 3.56. The lowest BCUT2D eigenvalue weighted by molar-refractivity contribution is 0.353. The van der Waals surface area contributed by atoms with E-state index in [0.29, 0.717) is 18.0 Å². The van der Waals surface area contributed by atoms with Crippen LogP contribution in [-0.2, 0) is 0 Å². The third-order valence-corrected chi connectivity index (χ3v) is 4.81. The first-order valence-corrected chi connectivity index (χ1v) is 7.99. The van der Waals surface area contributed by atoms with E-state index >= 15 is 0 Å². The monoisotopic (exact) mass is 344 g/mol. The van der Waals surface area contributed by atoms with Gasteiger partial charge in [-0.25, -0.2) is 0 Å². The Hall–Kier alpha value is -0.0900. The molecule has 2 nitrogen and oxygen atoms in total. The summed E-state index contributed by atoms with van der Waals surface area (Å²) in [5.41, 5.74) is 7.46. The molecule has 2 unspecified atom stereocenters. The Bertz CT molecular complexity index is 448. The Morgan fingerprint density at radius 2 is 2.26 bits per heavy atom. The minimum Gasteiger partial charge on any atom is -0.329 e. The molecule has 0 aliphatic heterocycles. The van der Waals surface area contributed by atoms with Crippen LogP contribution < -0.4 is 11.1 Å². The molecule has 1 fully saturated rings. The van der Waals surface area contributed by atoms with Crippen LogP contribution in [0.3, 0.4) is 0 Å². The SMILES string of the molecule is CC1(C)CCC(NC(CN)c2cc(Br)ccc2Cl)C1. The minimum atomic E-state index is 0.129. The van der Waals surface area contributed by atoms with Gasteiger partial charge in [0.25, 0.3) is 0 Å². The van der Waals surface area contributed by atoms with Crippen molar-refractivity contribution in [3.8, 4) is 0 Å². The molecule has 2 rings (SSSR count). The summed E-state index contributed by atoms with van der Waals surface area (Å²) >= 11 is 9.79. The van der Waals surface area contributed by atoms with E-state index in [4.69, 9.17) is 17.3 Å². The van der Waals surface area contributed by atoms with Gasteiger partial charge in [0.15, 0.2) is 0 Å². The molecule has 0 radical (unpaired) electrons. The summed E-state index contributed by atoms with van der Waals surface area (Å²) < 4.78 is 1.04. The highest BCUT2D eigenvalue weighted by atomic mass is 79.9. The number of rotatable bonds is 4. The van der Waals surface area contributed by atoms with Gasteiger partial charge < -0.3 is 11.1 Å². The molecule has 3 N–H and O–H groups in total. The third-order valence-electron chi connectivity index (χ3n) is 3.97. The lowest BCUT2D eigenvalue weighted by atomic mass is 9.91. The van der Waals surface area contributed by atoms with Crippen LogP contribution >= 0.6 is 27.5 Å². The Kier molecular flexibility index (Phi) is 4.93. The van der Waals surface area contributed by atoms with Crippen LogP contribution in [0.25, 0.3) is 0 Å². The summed E-state index contributed by atoms with van der Waals surface area (Å²) in [6.45, 7) is 5.23. The van der Waals surface area contributed by atoms with Gasteiger partial charge in [-0.3, -0.25) is 0 Å². The molecule has 0 bridgehead atoms. The molecule has 4 heteroatoms. The number of nitrogens with two attached hydrogens (primary N) is 1. The molecule has 2 atom stereocenters. The smallest absolute Gasteiger partial charge is 0.0461 e. The van der Waals surface area contributed by atoms with Crippen molar-refractivity contribution in [2.24, 2.45) is 11.1 Å². The quantitative estimate of drug-likeness (QED) is 0.855. The molecular weight excluding hydrogens is 324 g/mol. The standard InChI is InChI=1S/C15H22BrClN2/c1-15(2)6-5-11(8-15)19-14(9-18)12-7-10(16)3-4-13(12)17/h3-4,7,11,14,19H,5-6,8-9,18H2,1-2H3. The van der Waals surface area contributed by atoms with Gasteiger partial charge in [0.2, 0.25) is 0 Å². The maximum atomic E-state index is 6.29. The van der Waals surface area contributed by atoms with Crippen LogP contribution in [0.4, 0.5) is 0 Å². The molecule has 0 heterocycles. The molecule has 19 heavy (non-hydrogen) atoms. The summed E-state index contributed by atoms with van der Waals surface area (Å²) in [4.78, 5) is 0. The van der Waals surface area contributed by atoms with Crippen molar-refractivity contribution in [3.63, 3.8) is 0 Å². The lowest BCUT2D eigenvalue weighted by Crippen LogP contribution is -2.36. The van der Waals surface area contributed by atoms with Gasteiger partial charge in [-0.1, -0.05) is 41.4 Å². The summed E-state index contributed by atoms with van der Waals surface area (Å²) in [7, 11) is 0. The van der Waals surface area contributed by atoms with E-state index in [-0.39, 0.29) is 6.04 Å². The van der Waals surface area contributed by atoms with Crippen LogP contribution in [0.2, 0.25) is 5.02 Å². The second-order valence-electron chi connectivity index (χ2n) is 6.22. The van der Waals surface area contributed by atoms with Crippen molar-refractivity contribution in [2.45, 2.75) is 45.2 Å². The number of halogens is 2. The van der Waals surface area contributed by atoms with Gasteiger partial charge in [-0.15, -0.1) is 0 Å². The normalized spacial score (nSPS) is 23.5. The van der Waals surface area contributed by atoms with E-state index in [1.807, 2.05) is 12.1 Å². The van der Waals surface area contributed by atoms with Crippen molar-refractivity contribution in [3.05, 3.63) is 33.3 Å². The van der Waals surface area contributed by atoms with Crippen LogP contribution in [0.5, 0.6) is 0 Å². The van der Waals surface area contributed by atoms with Crippen molar-refractivity contribution >= 4 is 27.5 Å². The van der Waals surface area contributed by atoms with E-state index in [1.54, 1.807) is 0 Å². The van der Waals surface area contributed by atoms with E-state index in [0.717, 1.165) is 15.1 Å². The predicted octanol–water partition coefficient (Wildman–Crippen LogP) is 4.27. The van der Waals surface area contributed by atoms with E-state index in [1.165, 1.54) is 19.3 Å².